The first-order valence-corrected chi connectivity index (χ1v) is 7.82. The first-order valence-electron chi connectivity index (χ1n) is 7.82. The molecular weight excluding hydrogens is 224 g/mol. The van der Waals surface area contributed by atoms with E-state index in [9.17, 15) is 0 Å². The van der Waals surface area contributed by atoms with E-state index < -0.39 is 0 Å². The van der Waals surface area contributed by atoms with Crippen molar-refractivity contribution in [3.8, 4) is 0 Å². The van der Waals surface area contributed by atoms with Gasteiger partial charge in [0.2, 0.25) is 0 Å². The highest BCUT2D eigenvalue weighted by Crippen LogP contribution is 2.26. The van der Waals surface area contributed by atoms with Gasteiger partial charge in [-0.05, 0) is 44.7 Å². The van der Waals surface area contributed by atoms with Gasteiger partial charge in [-0.2, -0.15) is 0 Å². The van der Waals surface area contributed by atoms with Crippen molar-refractivity contribution in [2.45, 2.75) is 58.0 Å². The highest BCUT2D eigenvalue weighted by molar-refractivity contribution is 4.93. The molecule has 106 valence electrons. The van der Waals surface area contributed by atoms with E-state index in [-0.39, 0.29) is 0 Å². The first kappa shape index (κ1) is 14.3. The molecule has 2 unspecified atom stereocenters. The monoisotopic (exact) mass is 254 g/mol. The molecule has 1 N–H and O–H groups in total. The molecule has 2 aliphatic rings. The Labute approximate surface area is 112 Å². The van der Waals surface area contributed by atoms with Crippen LogP contribution in [0.4, 0.5) is 0 Å². The molecule has 0 saturated carbocycles. The number of nitrogens with zero attached hydrogens (tertiary/aromatic N) is 1. The molecule has 0 radical (unpaired) electrons. The molecule has 18 heavy (non-hydrogen) atoms. The predicted octanol–water partition coefficient (Wildman–Crippen LogP) is 2.27. The van der Waals surface area contributed by atoms with Gasteiger partial charge in [-0.15, -0.1) is 0 Å². The fraction of sp³-hybridized carbons (Fsp3) is 1.00. The lowest BCUT2D eigenvalue weighted by Crippen LogP contribution is -2.45. The van der Waals surface area contributed by atoms with E-state index in [4.69, 9.17) is 4.74 Å². The molecule has 2 rings (SSSR count). The van der Waals surface area contributed by atoms with Crippen molar-refractivity contribution in [2.24, 2.45) is 5.92 Å². The summed E-state index contributed by atoms with van der Waals surface area (Å²) in [6, 6.07) is 1.57. The van der Waals surface area contributed by atoms with Crippen molar-refractivity contribution in [1.82, 2.24) is 10.2 Å². The SMILES string of the molecule is CC(C)COCCCNC1CCN2CCCCC12. The maximum absolute atomic E-state index is 5.62. The van der Waals surface area contributed by atoms with Gasteiger partial charge < -0.3 is 10.1 Å². The largest absolute Gasteiger partial charge is 0.381 e. The number of hydrogen-bond acceptors (Lipinski definition) is 3. The van der Waals surface area contributed by atoms with Crippen LogP contribution >= 0.6 is 0 Å². The second kappa shape index (κ2) is 7.46. The van der Waals surface area contributed by atoms with E-state index in [2.05, 4.69) is 24.1 Å². The highest BCUT2D eigenvalue weighted by atomic mass is 16.5. The Balaban J connectivity index is 1.54. The molecule has 2 fully saturated rings. The summed E-state index contributed by atoms with van der Waals surface area (Å²) in [5, 5.41) is 3.75. The summed E-state index contributed by atoms with van der Waals surface area (Å²) in [5.41, 5.74) is 0. The van der Waals surface area contributed by atoms with E-state index in [1.54, 1.807) is 0 Å². The third kappa shape index (κ3) is 4.22. The molecule has 2 aliphatic heterocycles. The van der Waals surface area contributed by atoms with Crippen molar-refractivity contribution in [3.05, 3.63) is 0 Å². The number of fused-ring (bicyclic) bond motifs is 1. The zero-order chi connectivity index (χ0) is 12.8. The number of rotatable bonds is 7. The Morgan fingerprint density at radius 3 is 2.94 bits per heavy atom. The van der Waals surface area contributed by atoms with Crippen LogP contribution in [-0.4, -0.2) is 49.8 Å². The van der Waals surface area contributed by atoms with E-state index in [0.29, 0.717) is 5.92 Å². The fourth-order valence-electron chi connectivity index (χ4n) is 3.27. The molecule has 3 nitrogen and oxygen atoms in total. The van der Waals surface area contributed by atoms with E-state index in [1.165, 1.54) is 38.8 Å². The van der Waals surface area contributed by atoms with Gasteiger partial charge in [0.05, 0.1) is 0 Å². The van der Waals surface area contributed by atoms with Gasteiger partial charge in [-0.25, -0.2) is 0 Å². The summed E-state index contributed by atoms with van der Waals surface area (Å²) in [6.07, 6.45) is 6.73. The van der Waals surface area contributed by atoms with Gasteiger partial charge in [0.25, 0.3) is 0 Å². The fourth-order valence-corrected chi connectivity index (χ4v) is 3.27. The summed E-state index contributed by atoms with van der Waals surface area (Å²) in [5.74, 6) is 0.656. The molecule has 0 aromatic carbocycles. The van der Waals surface area contributed by atoms with Crippen LogP contribution in [-0.2, 0) is 4.74 Å². The van der Waals surface area contributed by atoms with Gasteiger partial charge >= 0.3 is 0 Å². The quantitative estimate of drug-likeness (QED) is 0.705. The van der Waals surface area contributed by atoms with E-state index in [0.717, 1.165) is 38.3 Å². The zero-order valence-electron chi connectivity index (χ0n) is 12.2. The van der Waals surface area contributed by atoms with Crippen LogP contribution in [0.3, 0.4) is 0 Å². The van der Waals surface area contributed by atoms with Crippen LogP contribution in [0.1, 0.15) is 46.0 Å². The maximum atomic E-state index is 5.62. The molecule has 0 bridgehead atoms. The molecule has 3 heteroatoms. The van der Waals surface area contributed by atoms with Crippen LogP contribution in [0.25, 0.3) is 0 Å². The third-order valence-electron chi connectivity index (χ3n) is 4.18. The van der Waals surface area contributed by atoms with Gasteiger partial charge in [-0.3, -0.25) is 4.90 Å². The second-order valence-corrected chi connectivity index (χ2v) is 6.27. The summed E-state index contributed by atoms with van der Waals surface area (Å²) in [6.45, 7) is 9.98. The van der Waals surface area contributed by atoms with Crippen LogP contribution < -0.4 is 5.32 Å². The van der Waals surface area contributed by atoms with E-state index >= 15 is 0 Å². The molecule has 0 aromatic rings. The number of hydrogen-bond donors (Lipinski definition) is 1. The normalized spacial score (nSPS) is 28.8. The molecule has 2 saturated heterocycles. The molecule has 2 heterocycles. The highest BCUT2D eigenvalue weighted by Gasteiger charge is 2.34. The van der Waals surface area contributed by atoms with Crippen LogP contribution in [0.15, 0.2) is 0 Å². The van der Waals surface area contributed by atoms with Gasteiger partial charge in [0.1, 0.15) is 0 Å². The number of piperidine rings is 1. The summed E-state index contributed by atoms with van der Waals surface area (Å²) >= 11 is 0. The second-order valence-electron chi connectivity index (χ2n) is 6.27. The van der Waals surface area contributed by atoms with E-state index in [1.807, 2.05) is 0 Å². The Bertz CT molecular complexity index is 233. The van der Waals surface area contributed by atoms with Crippen molar-refractivity contribution < 1.29 is 4.74 Å². The Morgan fingerprint density at radius 2 is 2.11 bits per heavy atom. The molecular formula is C15H30N2O. The summed E-state index contributed by atoms with van der Waals surface area (Å²) < 4.78 is 5.62. The van der Waals surface area contributed by atoms with Gasteiger partial charge in [-0.1, -0.05) is 20.3 Å². The lowest BCUT2D eigenvalue weighted by molar-refractivity contribution is 0.106. The van der Waals surface area contributed by atoms with Crippen molar-refractivity contribution >= 4 is 0 Å². The van der Waals surface area contributed by atoms with Crippen LogP contribution in [0.5, 0.6) is 0 Å². The van der Waals surface area contributed by atoms with Crippen LogP contribution in [0, 0.1) is 5.92 Å². The van der Waals surface area contributed by atoms with Crippen molar-refractivity contribution in [2.75, 3.05) is 32.8 Å². The average molecular weight is 254 g/mol. The standard InChI is InChI=1S/C15H30N2O/c1-13(2)12-18-11-5-8-16-14-7-10-17-9-4-3-6-15(14)17/h13-16H,3-12H2,1-2H3. The Hall–Kier alpha value is -0.120. The molecule has 0 aromatic heterocycles. The average Bonchev–Trinajstić information content (AvgIpc) is 2.77. The minimum absolute atomic E-state index is 0.656. The minimum Gasteiger partial charge on any atom is -0.381 e. The number of nitrogens with one attached hydrogen (secondary N) is 1. The number of ether oxygens (including phenoxy) is 1. The lowest BCUT2D eigenvalue weighted by Gasteiger charge is -2.32. The minimum atomic E-state index is 0.656. The van der Waals surface area contributed by atoms with Crippen LogP contribution in [0.2, 0.25) is 0 Å². The maximum Gasteiger partial charge on any atom is 0.0489 e. The lowest BCUT2D eigenvalue weighted by atomic mass is 9.99. The predicted molar refractivity (Wildman–Crippen MR) is 75.9 cm³/mol. The Kier molecular flexibility index (Phi) is 5.93. The smallest absolute Gasteiger partial charge is 0.0489 e. The zero-order valence-corrected chi connectivity index (χ0v) is 12.2. The van der Waals surface area contributed by atoms with Crippen molar-refractivity contribution in [3.63, 3.8) is 0 Å². The summed E-state index contributed by atoms with van der Waals surface area (Å²) in [7, 11) is 0. The summed E-state index contributed by atoms with van der Waals surface area (Å²) in [4.78, 5) is 2.69. The van der Waals surface area contributed by atoms with Gasteiger partial charge in [0, 0.05) is 31.8 Å². The molecule has 0 spiro atoms. The Morgan fingerprint density at radius 1 is 1.22 bits per heavy atom. The molecule has 0 aliphatic carbocycles. The van der Waals surface area contributed by atoms with Crippen molar-refractivity contribution in [1.29, 1.82) is 0 Å². The topological polar surface area (TPSA) is 24.5 Å². The molecule has 0 amide bonds. The molecule has 2 atom stereocenters. The third-order valence-corrected chi connectivity index (χ3v) is 4.18. The first-order chi connectivity index (χ1) is 8.77. The van der Waals surface area contributed by atoms with Gasteiger partial charge in [0.15, 0.2) is 0 Å².